The van der Waals surface area contributed by atoms with Crippen molar-refractivity contribution in [3.8, 4) is 0 Å². The van der Waals surface area contributed by atoms with E-state index in [0.717, 1.165) is 26.2 Å². The van der Waals surface area contributed by atoms with Gasteiger partial charge in [0.1, 0.15) is 5.82 Å². The molecule has 0 bridgehead atoms. The van der Waals surface area contributed by atoms with Crippen LogP contribution in [0.4, 0.5) is 4.39 Å². The summed E-state index contributed by atoms with van der Waals surface area (Å²) in [5.74, 6) is -0.161. The molecule has 1 aromatic carbocycles. The fourth-order valence-electron chi connectivity index (χ4n) is 2.97. The first-order valence-electron chi connectivity index (χ1n) is 7.24. The van der Waals surface area contributed by atoms with Crippen LogP contribution >= 0.6 is 0 Å². The molecule has 19 heavy (non-hydrogen) atoms. The number of rotatable bonds is 5. The molecule has 2 atom stereocenters. The van der Waals surface area contributed by atoms with Gasteiger partial charge in [-0.25, -0.2) is 4.39 Å². The minimum atomic E-state index is -0.161. The standard InChI is InChI=1S/C16H25FN2/c1-4-19(12-16(3)9-10-18-11-16)13(2)14-5-7-15(17)8-6-14/h5-8,13,18H,4,9-12H2,1-3H3. The second kappa shape index (κ2) is 6.02. The number of benzene rings is 1. The summed E-state index contributed by atoms with van der Waals surface area (Å²) in [5.41, 5.74) is 1.56. The van der Waals surface area contributed by atoms with E-state index < -0.39 is 0 Å². The van der Waals surface area contributed by atoms with Crippen LogP contribution in [0.25, 0.3) is 0 Å². The van der Waals surface area contributed by atoms with Crippen LogP contribution in [0.15, 0.2) is 24.3 Å². The Morgan fingerprint density at radius 2 is 2.05 bits per heavy atom. The molecule has 1 N–H and O–H groups in total. The molecule has 2 rings (SSSR count). The first-order valence-corrected chi connectivity index (χ1v) is 7.24. The summed E-state index contributed by atoms with van der Waals surface area (Å²) in [5, 5.41) is 3.45. The summed E-state index contributed by atoms with van der Waals surface area (Å²) in [7, 11) is 0. The number of hydrogen-bond donors (Lipinski definition) is 1. The van der Waals surface area contributed by atoms with Gasteiger partial charge in [0.2, 0.25) is 0 Å². The van der Waals surface area contributed by atoms with Gasteiger partial charge in [0.05, 0.1) is 0 Å². The topological polar surface area (TPSA) is 15.3 Å². The zero-order valence-corrected chi connectivity index (χ0v) is 12.2. The van der Waals surface area contributed by atoms with E-state index in [0.29, 0.717) is 11.5 Å². The normalized spacial score (nSPS) is 24.9. The van der Waals surface area contributed by atoms with Crippen LogP contribution in [-0.4, -0.2) is 31.1 Å². The Morgan fingerprint density at radius 1 is 1.37 bits per heavy atom. The Morgan fingerprint density at radius 3 is 2.58 bits per heavy atom. The molecule has 1 saturated heterocycles. The van der Waals surface area contributed by atoms with Crippen molar-refractivity contribution >= 4 is 0 Å². The Balaban J connectivity index is 2.06. The van der Waals surface area contributed by atoms with Crippen molar-refractivity contribution in [3.63, 3.8) is 0 Å². The van der Waals surface area contributed by atoms with Crippen molar-refractivity contribution in [2.75, 3.05) is 26.2 Å². The lowest BCUT2D eigenvalue weighted by molar-refractivity contribution is 0.143. The molecular weight excluding hydrogens is 239 g/mol. The summed E-state index contributed by atoms with van der Waals surface area (Å²) in [6, 6.07) is 7.25. The van der Waals surface area contributed by atoms with Crippen LogP contribution in [0.1, 0.15) is 38.8 Å². The first kappa shape index (κ1) is 14.5. The van der Waals surface area contributed by atoms with Crippen LogP contribution in [0.3, 0.4) is 0 Å². The van der Waals surface area contributed by atoms with Crippen LogP contribution in [0.5, 0.6) is 0 Å². The van der Waals surface area contributed by atoms with Crippen LogP contribution < -0.4 is 5.32 Å². The lowest BCUT2D eigenvalue weighted by Gasteiger charge is -2.35. The molecule has 1 aliphatic rings. The van der Waals surface area contributed by atoms with Gasteiger partial charge in [-0.05, 0) is 49.5 Å². The Kier molecular flexibility index (Phi) is 4.58. The molecule has 2 nitrogen and oxygen atoms in total. The van der Waals surface area contributed by atoms with Gasteiger partial charge in [0.25, 0.3) is 0 Å². The first-order chi connectivity index (χ1) is 9.04. The predicted octanol–water partition coefficient (Wildman–Crippen LogP) is 3.21. The minimum Gasteiger partial charge on any atom is -0.316 e. The maximum absolute atomic E-state index is 13.0. The summed E-state index contributed by atoms with van der Waals surface area (Å²) in [6.07, 6.45) is 1.24. The summed E-state index contributed by atoms with van der Waals surface area (Å²) in [4.78, 5) is 2.49. The van der Waals surface area contributed by atoms with Crippen molar-refractivity contribution in [3.05, 3.63) is 35.6 Å². The minimum absolute atomic E-state index is 0.161. The molecule has 106 valence electrons. The van der Waals surface area contributed by atoms with E-state index in [1.807, 2.05) is 12.1 Å². The fraction of sp³-hybridized carbons (Fsp3) is 0.625. The molecule has 0 aromatic heterocycles. The second-order valence-electron chi connectivity index (χ2n) is 6.03. The number of nitrogens with zero attached hydrogens (tertiary/aromatic N) is 1. The van der Waals surface area contributed by atoms with E-state index in [-0.39, 0.29) is 5.82 Å². The molecule has 0 amide bonds. The third-order valence-electron chi connectivity index (χ3n) is 4.35. The predicted molar refractivity (Wildman–Crippen MR) is 77.7 cm³/mol. The van der Waals surface area contributed by atoms with Crippen molar-refractivity contribution in [2.24, 2.45) is 5.41 Å². The molecule has 2 unspecified atom stereocenters. The van der Waals surface area contributed by atoms with Crippen LogP contribution in [0, 0.1) is 11.2 Å². The van der Waals surface area contributed by atoms with E-state index in [2.05, 4.69) is 31.0 Å². The highest BCUT2D eigenvalue weighted by atomic mass is 19.1. The van der Waals surface area contributed by atoms with E-state index in [1.54, 1.807) is 12.1 Å². The molecule has 0 aliphatic carbocycles. The van der Waals surface area contributed by atoms with Gasteiger partial charge in [0.15, 0.2) is 0 Å². The zero-order chi connectivity index (χ0) is 13.9. The van der Waals surface area contributed by atoms with Crippen LogP contribution in [-0.2, 0) is 0 Å². The van der Waals surface area contributed by atoms with Gasteiger partial charge in [0, 0.05) is 19.1 Å². The molecule has 3 heteroatoms. The third kappa shape index (κ3) is 3.54. The Hall–Kier alpha value is -0.930. The molecule has 1 aliphatic heterocycles. The maximum atomic E-state index is 13.0. The summed E-state index contributed by atoms with van der Waals surface area (Å²) in [6.45, 7) is 11.1. The summed E-state index contributed by atoms with van der Waals surface area (Å²) >= 11 is 0. The Bertz CT molecular complexity index is 396. The SMILES string of the molecule is CCN(CC1(C)CCNC1)C(C)c1ccc(F)cc1. The molecule has 0 radical (unpaired) electrons. The maximum Gasteiger partial charge on any atom is 0.123 e. The van der Waals surface area contributed by atoms with Crippen molar-refractivity contribution < 1.29 is 4.39 Å². The van der Waals surface area contributed by atoms with Gasteiger partial charge < -0.3 is 5.32 Å². The average Bonchev–Trinajstić information content (AvgIpc) is 2.83. The number of hydrogen-bond acceptors (Lipinski definition) is 2. The van der Waals surface area contributed by atoms with Gasteiger partial charge >= 0.3 is 0 Å². The lowest BCUT2D eigenvalue weighted by Crippen LogP contribution is -2.38. The highest BCUT2D eigenvalue weighted by Gasteiger charge is 2.31. The molecule has 1 aromatic rings. The van der Waals surface area contributed by atoms with Crippen molar-refractivity contribution in [1.29, 1.82) is 0 Å². The molecule has 1 fully saturated rings. The largest absolute Gasteiger partial charge is 0.316 e. The quantitative estimate of drug-likeness (QED) is 0.878. The smallest absolute Gasteiger partial charge is 0.123 e. The molecule has 1 heterocycles. The zero-order valence-electron chi connectivity index (χ0n) is 12.2. The van der Waals surface area contributed by atoms with E-state index in [4.69, 9.17) is 0 Å². The third-order valence-corrected chi connectivity index (χ3v) is 4.35. The summed E-state index contributed by atoms with van der Waals surface area (Å²) < 4.78 is 13.0. The lowest BCUT2D eigenvalue weighted by atomic mass is 9.88. The van der Waals surface area contributed by atoms with Crippen molar-refractivity contribution in [1.82, 2.24) is 10.2 Å². The van der Waals surface area contributed by atoms with Gasteiger partial charge in [-0.3, -0.25) is 4.90 Å². The van der Waals surface area contributed by atoms with Gasteiger partial charge in [-0.2, -0.15) is 0 Å². The van der Waals surface area contributed by atoms with E-state index >= 15 is 0 Å². The van der Waals surface area contributed by atoms with E-state index in [9.17, 15) is 4.39 Å². The van der Waals surface area contributed by atoms with Gasteiger partial charge in [-0.1, -0.05) is 26.0 Å². The average molecular weight is 264 g/mol. The number of halogens is 1. The monoisotopic (exact) mass is 264 g/mol. The molecule has 0 spiro atoms. The molecular formula is C16H25FN2. The highest BCUT2D eigenvalue weighted by molar-refractivity contribution is 5.19. The Labute approximate surface area is 116 Å². The second-order valence-corrected chi connectivity index (χ2v) is 6.03. The van der Waals surface area contributed by atoms with E-state index in [1.165, 1.54) is 12.0 Å². The van der Waals surface area contributed by atoms with Crippen LogP contribution in [0.2, 0.25) is 0 Å². The highest BCUT2D eigenvalue weighted by Crippen LogP contribution is 2.30. The molecule has 0 saturated carbocycles. The van der Waals surface area contributed by atoms with Crippen molar-refractivity contribution in [2.45, 2.75) is 33.2 Å². The number of nitrogens with one attached hydrogen (secondary N) is 1. The van der Waals surface area contributed by atoms with Gasteiger partial charge in [-0.15, -0.1) is 0 Å². The fourth-order valence-corrected chi connectivity index (χ4v) is 2.97.